The van der Waals surface area contributed by atoms with Crippen molar-refractivity contribution in [2.24, 2.45) is 17.8 Å². The van der Waals surface area contributed by atoms with E-state index >= 15 is 0 Å². The Balaban J connectivity index is 2.29. The highest BCUT2D eigenvalue weighted by molar-refractivity contribution is 5.93. The number of nitrogens with one attached hydrogen (secondary N) is 1. The van der Waals surface area contributed by atoms with E-state index in [1.54, 1.807) is 51.1 Å². The van der Waals surface area contributed by atoms with Crippen LogP contribution in [0.5, 0.6) is 0 Å². The van der Waals surface area contributed by atoms with E-state index in [9.17, 15) is 19.5 Å². The zero-order chi connectivity index (χ0) is 26.0. The Morgan fingerprint density at radius 1 is 0.943 bits per heavy atom. The first-order valence-corrected chi connectivity index (χ1v) is 12.1. The number of carbonyl (C=O) groups excluding carboxylic acids is 2. The van der Waals surface area contributed by atoms with Gasteiger partial charge in [0.15, 0.2) is 0 Å². The van der Waals surface area contributed by atoms with Crippen LogP contribution >= 0.6 is 0 Å². The number of hydrogen-bond acceptors (Lipinski definition) is 4. The molecule has 35 heavy (non-hydrogen) atoms. The van der Waals surface area contributed by atoms with Crippen molar-refractivity contribution in [2.75, 3.05) is 5.01 Å². The molecule has 0 aliphatic carbocycles. The van der Waals surface area contributed by atoms with Gasteiger partial charge in [-0.3, -0.25) is 15.0 Å². The molecule has 0 radical (unpaired) electrons. The molecule has 0 spiro atoms. The molecule has 0 heterocycles. The third-order valence-electron chi connectivity index (χ3n) is 5.51. The van der Waals surface area contributed by atoms with Gasteiger partial charge in [-0.2, -0.15) is 5.01 Å². The van der Waals surface area contributed by atoms with Gasteiger partial charge in [0.05, 0.1) is 17.5 Å². The molecule has 2 aromatic rings. The summed E-state index contributed by atoms with van der Waals surface area (Å²) in [7, 11) is 0. The molecule has 190 valence electrons. The largest absolute Gasteiger partial charge is 0.463 e. The molecule has 0 bridgehead atoms. The van der Waals surface area contributed by atoms with Crippen molar-refractivity contribution in [1.82, 2.24) is 5.43 Å². The van der Waals surface area contributed by atoms with Crippen molar-refractivity contribution in [1.29, 1.82) is 0 Å². The van der Waals surface area contributed by atoms with Crippen LogP contribution in [0.4, 0.5) is 10.5 Å². The summed E-state index contributed by atoms with van der Waals surface area (Å²) in [5.74, 6) is -2.29. The SMILES string of the molecule is CC(C)C[C@H](C(=O)NN(C(=O)O)c1ccccc1)[C@H](CCCc1ccccc1)C(=O)OC(C)(C)C. The Morgan fingerprint density at radius 2 is 1.51 bits per heavy atom. The molecule has 7 heteroatoms. The average Bonchev–Trinajstić information content (AvgIpc) is 2.78. The summed E-state index contributed by atoms with van der Waals surface area (Å²) < 4.78 is 5.70. The van der Waals surface area contributed by atoms with Crippen LogP contribution in [0.2, 0.25) is 0 Å². The molecule has 2 rings (SSSR count). The molecule has 2 atom stereocenters. The standard InChI is InChI=1S/C28H38N2O5/c1-20(2)19-24(25(31)29-30(27(33)34)22-16-10-7-11-17-22)23(26(32)35-28(3,4)5)18-12-15-21-13-8-6-9-14-21/h6-11,13-14,16-17,20,23-24H,12,15,18-19H2,1-5H3,(H,29,31)(H,33,34)/t23-,24-/m0/s1. The summed E-state index contributed by atoms with van der Waals surface area (Å²) in [6.45, 7) is 9.34. The molecule has 0 saturated carbocycles. The molecular weight excluding hydrogens is 444 g/mol. The Bertz CT molecular complexity index is 954. The first kappa shape index (κ1) is 27.9. The number of para-hydroxylation sites is 1. The number of benzene rings is 2. The minimum Gasteiger partial charge on any atom is -0.463 e. The van der Waals surface area contributed by atoms with Gasteiger partial charge in [0.2, 0.25) is 5.91 Å². The highest BCUT2D eigenvalue weighted by atomic mass is 16.6. The van der Waals surface area contributed by atoms with Crippen LogP contribution < -0.4 is 10.4 Å². The third kappa shape index (κ3) is 9.43. The van der Waals surface area contributed by atoms with Gasteiger partial charge in [0, 0.05) is 0 Å². The van der Waals surface area contributed by atoms with Crippen LogP contribution in [0.25, 0.3) is 0 Å². The predicted octanol–water partition coefficient (Wildman–Crippen LogP) is 5.85. The molecular formula is C28H38N2O5. The maximum Gasteiger partial charge on any atom is 0.431 e. The second kappa shape index (κ2) is 12.9. The van der Waals surface area contributed by atoms with Crippen LogP contribution in [0.3, 0.4) is 0 Å². The number of carboxylic acid groups (broad SMARTS) is 1. The minimum atomic E-state index is -1.31. The second-order valence-electron chi connectivity index (χ2n) is 10.2. The third-order valence-corrected chi connectivity index (χ3v) is 5.51. The Kier molecular flexibility index (Phi) is 10.3. The fraction of sp³-hybridized carbons (Fsp3) is 0.464. The molecule has 0 aliphatic heterocycles. The molecule has 7 nitrogen and oxygen atoms in total. The van der Waals surface area contributed by atoms with Gasteiger partial charge >= 0.3 is 12.1 Å². The number of nitrogens with zero attached hydrogens (tertiary/aromatic N) is 1. The van der Waals surface area contributed by atoms with E-state index in [1.165, 1.54) is 0 Å². The summed E-state index contributed by atoms with van der Waals surface area (Å²) in [5.41, 5.74) is 3.30. The number of hydrazine groups is 1. The first-order valence-electron chi connectivity index (χ1n) is 12.1. The number of anilines is 1. The molecule has 2 amide bonds. The quantitative estimate of drug-likeness (QED) is 0.327. The Morgan fingerprint density at radius 3 is 2.03 bits per heavy atom. The summed E-state index contributed by atoms with van der Waals surface area (Å²) in [6.07, 6.45) is 1.01. The minimum absolute atomic E-state index is 0.111. The molecule has 0 aliphatic rings. The van der Waals surface area contributed by atoms with Gasteiger partial charge in [-0.15, -0.1) is 0 Å². The summed E-state index contributed by atoms with van der Waals surface area (Å²) in [5, 5.41) is 10.5. The van der Waals surface area contributed by atoms with Gasteiger partial charge in [-0.25, -0.2) is 4.79 Å². The maximum atomic E-state index is 13.5. The van der Waals surface area contributed by atoms with Gasteiger partial charge in [0.1, 0.15) is 5.60 Å². The number of ether oxygens (including phenoxy) is 1. The fourth-order valence-electron chi connectivity index (χ4n) is 3.99. The van der Waals surface area contributed by atoms with Crippen molar-refractivity contribution in [3.8, 4) is 0 Å². The molecule has 0 aromatic heterocycles. The maximum absolute atomic E-state index is 13.5. The lowest BCUT2D eigenvalue weighted by Crippen LogP contribution is -2.50. The van der Waals surface area contributed by atoms with E-state index in [1.807, 2.05) is 44.2 Å². The predicted molar refractivity (Wildman–Crippen MR) is 137 cm³/mol. The van der Waals surface area contributed by atoms with E-state index in [0.29, 0.717) is 24.9 Å². The number of aryl methyl sites for hydroxylation is 1. The van der Waals surface area contributed by atoms with Gasteiger partial charge < -0.3 is 9.84 Å². The zero-order valence-electron chi connectivity index (χ0n) is 21.4. The number of esters is 1. The van der Waals surface area contributed by atoms with Gasteiger partial charge in [-0.05, 0) is 70.1 Å². The summed E-state index contributed by atoms with van der Waals surface area (Å²) in [4.78, 5) is 38.7. The lowest BCUT2D eigenvalue weighted by molar-refractivity contribution is -0.164. The van der Waals surface area contributed by atoms with Gasteiger partial charge in [0.25, 0.3) is 0 Å². The monoisotopic (exact) mass is 482 g/mol. The van der Waals surface area contributed by atoms with E-state index in [-0.39, 0.29) is 5.92 Å². The number of carbonyl (C=O) groups is 3. The van der Waals surface area contributed by atoms with E-state index in [0.717, 1.165) is 17.0 Å². The smallest absolute Gasteiger partial charge is 0.431 e. The molecule has 0 unspecified atom stereocenters. The van der Waals surface area contributed by atoms with Crippen LogP contribution in [-0.4, -0.2) is 28.7 Å². The highest BCUT2D eigenvalue weighted by Gasteiger charge is 2.37. The first-order chi connectivity index (χ1) is 16.5. The fourth-order valence-corrected chi connectivity index (χ4v) is 3.99. The van der Waals surface area contributed by atoms with E-state index in [2.05, 4.69) is 5.43 Å². The van der Waals surface area contributed by atoms with Crippen LogP contribution in [-0.2, 0) is 20.7 Å². The number of hydrogen-bond donors (Lipinski definition) is 2. The lowest BCUT2D eigenvalue weighted by Gasteiger charge is -2.31. The zero-order valence-corrected chi connectivity index (χ0v) is 21.4. The normalized spacial score (nSPS) is 13.1. The summed E-state index contributed by atoms with van der Waals surface area (Å²) in [6, 6.07) is 18.3. The second-order valence-corrected chi connectivity index (χ2v) is 10.2. The molecule has 0 fully saturated rings. The van der Waals surface area contributed by atoms with Crippen LogP contribution in [0.15, 0.2) is 60.7 Å². The van der Waals surface area contributed by atoms with Crippen LogP contribution in [0, 0.1) is 17.8 Å². The van der Waals surface area contributed by atoms with Crippen LogP contribution in [0.1, 0.15) is 59.4 Å². The van der Waals surface area contributed by atoms with Crippen molar-refractivity contribution < 1.29 is 24.2 Å². The Labute approximate surface area is 208 Å². The van der Waals surface area contributed by atoms with Gasteiger partial charge in [-0.1, -0.05) is 62.4 Å². The Hall–Kier alpha value is -3.35. The lowest BCUT2D eigenvalue weighted by atomic mass is 9.81. The summed E-state index contributed by atoms with van der Waals surface area (Å²) >= 11 is 0. The van der Waals surface area contributed by atoms with Crippen molar-refractivity contribution in [3.05, 3.63) is 66.2 Å². The topological polar surface area (TPSA) is 95.9 Å². The van der Waals surface area contributed by atoms with Crippen molar-refractivity contribution in [2.45, 2.75) is 65.9 Å². The van der Waals surface area contributed by atoms with Crippen molar-refractivity contribution in [3.63, 3.8) is 0 Å². The van der Waals surface area contributed by atoms with E-state index < -0.39 is 35.4 Å². The highest BCUT2D eigenvalue weighted by Crippen LogP contribution is 2.29. The van der Waals surface area contributed by atoms with E-state index in [4.69, 9.17) is 4.74 Å². The number of amides is 2. The number of rotatable bonds is 10. The molecule has 2 N–H and O–H groups in total. The van der Waals surface area contributed by atoms with Crippen molar-refractivity contribution >= 4 is 23.7 Å². The average molecular weight is 483 g/mol. The molecule has 2 aromatic carbocycles. The molecule has 0 saturated heterocycles.